The Morgan fingerprint density at radius 2 is 1.75 bits per heavy atom. The topological polar surface area (TPSA) is 81.5 Å². The summed E-state index contributed by atoms with van der Waals surface area (Å²) in [6.45, 7) is 0.470. The summed E-state index contributed by atoms with van der Waals surface area (Å²) in [7, 11) is 1.16. The average Bonchev–Trinajstić information content (AvgIpc) is 3.27. The first-order valence-electron chi connectivity index (χ1n) is 11.1. The predicted molar refractivity (Wildman–Crippen MR) is 138 cm³/mol. The van der Waals surface area contributed by atoms with Gasteiger partial charge in [-0.25, -0.2) is 9.69 Å². The van der Waals surface area contributed by atoms with Gasteiger partial charge < -0.3 is 9.30 Å². The number of carbonyl (C=O) groups is 3. The highest BCUT2D eigenvalue weighted by molar-refractivity contribution is 6.52. The fourth-order valence-corrected chi connectivity index (χ4v) is 4.29. The lowest BCUT2D eigenvalue weighted by Gasteiger charge is -2.19. The first kappa shape index (κ1) is 23.3. The molecule has 2 amide bonds. The van der Waals surface area contributed by atoms with Crippen LogP contribution in [0.5, 0.6) is 0 Å². The fourth-order valence-electron chi connectivity index (χ4n) is 4.16. The summed E-state index contributed by atoms with van der Waals surface area (Å²) < 4.78 is 6.74. The molecule has 36 heavy (non-hydrogen) atoms. The van der Waals surface area contributed by atoms with Crippen molar-refractivity contribution in [2.45, 2.75) is 6.54 Å². The maximum Gasteiger partial charge on any atom is 0.421 e. The molecule has 7 nitrogen and oxygen atoms in total. The van der Waals surface area contributed by atoms with Crippen molar-refractivity contribution in [1.82, 2.24) is 9.55 Å². The van der Waals surface area contributed by atoms with Crippen molar-refractivity contribution in [1.29, 1.82) is 0 Å². The van der Waals surface area contributed by atoms with Crippen LogP contribution in [0.15, 0.2) is 91.3 Å². The standard InChI is InChI=1S/C28H20ClN3O4/c1-36-28(35)32(21-12-13-24-19(15-21)5-4-14-30-24)27(34)26(33)23-17-31(25-7-3-2-6-22(23)25)16-18-8-10-20(29)11-9-18/h2-15,17H,16H2,1H3. The number of hydrogen-bond acceptors (Lipinski definition) is 5. The van der Waals surface area contributed by atoms with Gasteiger partial charge in [-0.05, 0) is 48.0 Å². The minimum Gasteiger partial charge on any atom is -0.452 e. The summed E-state index contributed by atoms with van der Waals surface area (Å²) in [6.07, 6.45) is 2.33. The highest BCUT2D eigenvalue weighted by Crippen LogP contribution is 2.26. The second kappa shape index (κ2) is 9.64. The van der Waals surface area contributed by atoms with Crippen molar-refractivity contribution < 1.29 is 19.1 Å². The number of methoxy groups -OCH3 is 1. The van der Waals surface area contributed by atoms with E-state index in [1.54, 1.807) is 67.0 Å². The van der Waals surface area contributed by atoms with E-state index in [0.29, 0.717) is 27.9 Å². The van der Waals surface area contributed by atoms with E-state index in [9.17, 15) is 14.4 Å². The largest absolute Gasteiger partial charge is 0.452 e. The van der Waals surface area contributed by atoms with Crippen LogP contribution in [-0.4, -0.2) is 34.4 Å². The molecular formula is C28H20ClN3O4. The Labute approximate surface area is 211 Å². The number of imide groups is 1. The number of fused-ring (bicyclic) bond motifs is 2. The summed E-state index contributed by atoms with van der Waals surface area (Å²) in [5.74, 6) is -1.84. The molecule has 0 fully saturated rings. The molecule has 0 radical (unpaired) electrons. The second-order valence-electron chi connectivity index (χ2n) is 8.13. The number of hydrogen-bond donors (Lipinski definition) is 0. The van der Waals surface area contributed by atoms with Crippen LogP contribution in [0.4, 0.5) is 10.5 Å². The molecule has 0 N–H and O–H groups in total. The molecule has 2 heterocycles. The predicted octanol–water partition coefficient (Wildman–Crippen LogP) is 5.87. The van der Waals surface area contributed by atoms with Crippen LogP contribution < -0.4 is 4.90 Å². The molecule has 5 aromatic rings. The summed E-state index contributed by atoms with van der Waals surface area (Å²) in [6, 6.07) is 23.1. The quantitative estimate of drug-likeness (QED) is 0.224. The monoisotopic (exact) mass is 497 g/mol. The molecule has 5 rings (SSSR count). The maximum atomic E-state index is 13.5. The van der Waals surface area contributed by atoms with Gasteiger partial charge in [-0.3, -0.25) is 14.6 Å². The van der Waals surface area contributed by atoms with Crippen molar-refractivity contribution in [3.63, 3.8) is 0 Å². The van der Waals surface area contributed by atoms with Crippen LogP contribution >= 0.6 is 11.6 Å². The number of anilines is 1. The van der Waals surface area contributed by atoms with Gasteiger partial charge in [0.15, 0.2) is 0 Å². The Morgan fingerprint density at radius 3 is 2.53 bits per heavy atom. The summed E-state index contributed by atoms with van der Waals surface area (Å²) in [5, 5.41) is 1.95. The van der Waals surface area contributed by atoms with E-state index in [2.05, 4.69) is 4.98 Å². The number of benzene rings is 3. The number of rotatable bonds is 5. The minimum atomic E-state index is -1.01. The van der Waals surface area contributed by atoms with Crippen LogP contribution in [0.25, 0.3) is 21.8 Å². The zero-order valence-electron chi connectivity index (χ0n) is 19.2. The average molecular weight is 498 g/mol. The van der Waals surface area contributed by atoms with Gasteiger partial charge in [-0.2, -0.15) is 0 Å². The number of Topliss-reactive ketones (excluding diaryl/α,β-unsaturated/α-hetero) is 1. The number of ether oxygens (including phenoxy) is 1. The third-order valence-electron chi connectivity index (χ3n) is 5.90. The zero-order valence-corrected chi connectivity index (χ0v) is 20.0. The number of halogens is 1. The van der Waals surface area contributed by atoms with Crippen LogP contribution in [-0.2, 0) is 16.1 Å². The molecule has 0 aliphatic carbocycles. The molecule has 8 heteroatoms. The number of amides is 2. The minimum absolute atomic E-state index is 0.195. The van der Waals surface area contributed by atoms with Gasteiger partial charge in [-0.1, -0.05) is 48.0 Å². The summed E-state index contributed by atoms with van der Waals surface area (Å²) >= 11 is 6.01. The number of ketones is 1. The first-order valence-corrected chi connectivity index (χ1v) is 11.5. The van der Waals surface area contributed by atoms with Crippen molar-refractivity contribution >= 4 is 56.9 Å². The van der Waals surface area contributed by atoms with Gasteiger partial charge >= 0.3 is 12.0 Å². The lowest BCUT2D eigenvalue weighted by Crippen LogP contribution is -2.41. The molecule has 0 aliphatic heterocycles. The van der Waals surface area contributed by atoms with Crippen molar-refractivity contribution in [3.8, 4) is 0 Å². The van der Waals surface area contributed by atoms with Crippen LogP contribution in [0.2, 0.25) is 5.02 Å². The molecule has 178 valence electrons. The third-order valence-corrected chi connectivity index (χ3v) is 6.15. The lowest BCUT2D eigenvalue weighted by atomic mass is 10.1. The van der Waals surface area contributed by atoms with E-state index in [1.165, 1.54) is 0 Å². The van der Waals surface area contributed by atoms with Gasteiger partial charge in [0, 0.05) is 40.3 Å². The SMILES string of the molecule is COC(=O)N(C(=O)C(=O)c1cn(Cc2ccc(Cl)cc2)c2ccccc12)c1ccc2ncccc2c1. The highest BCUT2D eigenvalue weighted by Gasteiger charge is 2.32. The van der Waals surface area contributed by atoms with Gasteiger partial charge in [0.2, 0.25) is 0 Å². The van der Waals surface area contributed by atoms with Crippen LogP contribution in [0, 0.1) is 0 Å². The van der Waals surface area contributed by atoms with E-state index in [1.807, 2.05) is 28.8 Å². The Hall–Kier alpha value is -4.49. The zero-order chi connectivity index (χ0) is 25.2. The molecule has 0 atom stereocenters. The van der Waals surface area contributed by atoms with E-state index >= 15 is 0 Å². The molecule has 0 aliphatic rings. The Balaban J connectivity index is 1.54. The van der Waals surface area contributed by atoms with Crippen LogP contribution in [0.1, 0.15) is 15.9 Å². The van der Waals surface area contributed by atoms with Gasteiger partial charge in [0.05, 0.1) is 23.9 Å². The number of nitrogens with zero attached hydrogens (tertiary/aromatic N) is 3. The highest BCUT2D eigenvalue weighted by atomic mass is 35.5. The van der Waals surface area contributed by atoms with E-state index in [4.69, 9.17) is 16.3 Å². The molecule has 2 aromatic heterocycles. The number of para-hydroxylation sites is 1. The van der Waals surface area contributed by atoms with Crippen molar-refractivity contribution in [2.75, 3.05) is 12.0 Å². The van der Waals surface area contributed by atoms with E-state index < -0.39 is 17.8 Å². The number of carbonyl (C=O) groups excluding carboxylic acids is 3. The van der Waals surface area contributed by atoms with Gasteiger partial charge in [0.25, 0.3) is 5.78 Å². The van der Waals surface area contributed by atoms with Crippen molar-refractivity contribution in [3.05, 3.63) is 107 Å². The van der Waals surface area contributed by atoms with Crippen molar-refractivity contribution in [2.24, 2.45) is 0 Å². The molecule has 0 bridgehead atoms. The lowest BCUT2D eigenvalue weighted by molar-refractivity contribution is -0.114. The first-order chi connectivity index (χ1) is 17.5. The normalized spacial score (nSPS) is 10.9. The molecule has 0 spiro atoms. The molecule has 3 aromatic carbocycles. The maximum absolute atomic E-state index is 13.5. The second-order valence-corrected chi connectivity index (χ2v) is 8.57. The molecule has 0 unspecified atom stereocenters. The molecular weight excluding hydrogens is 478 g/mol. The number of aromatic nitrogens is 2. The Bertz CT molecular complexity index is 1630. The molecule has 0 saturated carbocycles. The Morgan fingerprint density at radius 1 is 0.972 bits per heavy atom. The fraction of sp³-hybridized carbons (Fsp3) is 0.0714. The third kappa shape index (κ3) is 4.32. The van der Waals surface area contributed by atoms with E-state index in [0.717, 1.165) is 23.1 Å². The summed E-state index contributed by atoms with van der Waals surface area (Å²) in [4.78, 5) is 44.7. The van der Waals surface area contributed by atoms with Gasteiger partial charge in [-0.15, -0.1) is 0 Å². The van der Waals surface area contributed by atoms with Crippen LogP contribution in [0.3, 0.4) is 0 Å². The number of pyridine rings is 1. The summed E-state index contributed by atoms with van der Waals surface area (Å²) in [5.41, 5.74) is 2.86. The smallest absolute Gasteiger partial charge is 0.421 e. The van der Waals surface area contributed by atoms with Gasteiger partial charge in [0.1, 0.15) is 0 Å². The Kier molecular flexibility index (Phi) is 6.23. The molecule has 0 saturated heterocycles. The van der Waals surface area contributed by atoms with E-state index in [-0.39, 0.29) is 11.3 Å².